The minimum Gasteiger partial charge on any atom is -0.328 e. The zero-order valence-corrected chi connectivity index (χ0v) is 20.5. The van der Waals surface area contributed by atoms with Gasteiger partial charge in [0.05, 0.1) is 27.7 Å². The van der Waals surface area contributed by atoms with Crippen molar-refractivity contribution >= 4 is 51.1 Å². The Morgan fingerprint density at radius 1 is 1.11 bits per heavy atom. The molecule has 3 aromatic heterocycles. The molecular weight excluding hydrogens is 474 g/mol. The van der Waals surface area contributed by atoms with E-state index in [0.29, 0.717) is 28.4 Å². The summed E-state index contributed by atoms with van der Waals surface area (Å²) >= 11 is 1.28. The molecular formula is C26H25N7O2S. The van der Waals surface area contributed by atoms with Crippen LogP contribution in [-0.2, 0) is 24.3 Å². The fraction of sp³-hybridized carbons (Fsp3) is 0.269. The summed E-state index contributed by atoms with van der Waals surface area (Å²) in [6, 6.07) is 13.2. The normalized spacial score (nSPS) is 13.7. The van der Waals surface area contributed by atoms with Crippen LogP contribution in [0, 0.1) is 0 Å². The molecule has 0 saturated carbocycles. The molecule has 0 unspecified atom stereocenters. The van der Waals surface area contributed by atoms with E-state index in [4.69, 9.17) is 4.98 Å². The number of para-hydroxylation sites is 1. The molecule has 0 saturated heterocycles. The lowest BCUT2D eigenvalue weighted by Gasteiger charge is -2.10. The SMILES string of the molecule is C=CCn1c(=O)c2ccccc2n2c(SCC(=O)Nc3ccc4c(c3)nc3n4CCCCC3)nnc12. The Bertz CT molecular complexity index is 1700. The Kier molecular flexibility index (Phi) is 5.80. The Balaban J connectivity index is 1.24. The van der Waals surface area contributed by atoms with Gasteiger partial charge in [-0.05, 0) is 43.2 Å². The second kappa shape index (κ2) is 9.27. The highest BCUT2D eigenvalue weighted by Gasteiger charge is 2.18. The van der Waals surface area contributed by atoms with E-state index in [2.05, 4.69) is 26.7 Å². The van der Waals surface area contributed by atoms with Gasteiger partial charge in [0.15, 0.2) is 5.16 Å². The number of amides is 1. The minimum atomic E-state index is -0.152. The largest absolute Gasteiger partial charge is 0.328 e. The van der Waals surface area contributed by atoms with Crippen LogP contribution in [0.15, 0.2) is 65.1 Å². The van der Waals surface area contributed by atoms with Gasteiger partial charge in [-0.25, -0.2) is 4.98 Å². The molecule has 1 N–H and O–H groups in total. The van der Waals surface area contributed by atoms with Crippen LogP contribution in [0.3, 0.4) is 0 Å². The van der Waals surface area contributed by atoms with Crippen LogP contribution >= 0.6 is 11.8 Å². The molecule has 10 heteroatoms. The van der Waals surface area contributed by atoms with Gasteiger partial charge in [0.2, 0.25) is 11.7 Å². The molecule has 9 nitrogen and oxygen atoms in total. The number of nitrogens with zero attached hydrogens (tertiary/aromatic N) is 6. The highest BCUT2D eigenvalue weighted by molar-refractivity contribution is 7.99. The summed E-state index contributed by atoms with van der Waals surface area (Å²) in [4.78, 5) is 30.6. The van der Waals surface area contributed by atoms with Crippen molar-refractivity contribution in [2.75, 3.05) is 11.1 Å². The van der Waals surface area contributed by atoms with E-state index < -0.39 is 0 Å². The van der Waals surface area contributed by atoms with Gasteiger partial charge in [0, 0.05) is 25.2 Å². The average Bonchev–Trinajstić information content (AvgIpc) is 3.38. The van der Waals surface area contributed by atoms with E-state index in [9.17, 15) is 9.59 Å². The molecule has 1 aliphatic rings. The second-order valence-electron chi connectivity index (χ2n) is 8.87. The Labute approximate surface area is 210 Å². The Hall–Kier alpha value is -3.92. The van der Waals surface area contributed by atoms with Gasteiger partial charge in [-0.1, -0.05) is 36.4 Å². The highest BCUT2D eigenvalue weighted by atomic mass is 32.2. The molecule has 1 amide bonds. The van der Waals surface area contributed by atoms with E-state index in [1.165, 1.54) is 35.6 Å². The number of carbonyl (C=O) groups is 1. The maximum atomic E-state index is 12.9. The lowest BCUT2D eigenvalue weighted by atomic mass is 10.2. The second-order valence-corrected chi connectivity index (χ2v) is 9.81. The number of fused-ring (bicyclic) bond motifs is 6. The van der Waals surface area contributed by atoms with Crippen LogP contribution in [0.25, 0.3) is 27.7 Å². The molecule has 0 radical (unpaired) electrons. The molecule has 2 aromatic carbocycles. The fourth-order valence-corrected chi connectivity index (χ4v) is 5.62. The first kappa shape index (κ1) is 22.5. The first-order valence-corrected chi connectivity index (χ1v) is 13.0. The standard InChI is InChI=1S/C26H25N7O2S/c1-2-13-32-24(35)18-8-5-6-9-20(18)33-25(32)29-30-26(33)36-16-23(34)27-17-11-12-21-19(15-17)28-22-10-4-3-7-14-31(21)22/h2,5-6,8-9,11-12,15H,1,3-4,7,10,13-14,16H2,(H,27,34). The maximum absolute atomic E-state index is 12.9. The smallest absolute Gasteiger partial charge is 0.263 e. The van der Waals surface area contributed by atoms with Crippen LogP contribution in [0.1, 0.15) is 25.1 Å². The van der Waals surface area contributed by atoms with E-state index in [1.807, 2.05) is 40.8 Å². The van der Waals surface area contributed by atoms with E-state index >= 15 is 0 Å². The van der Waals surface area contributed by atoms with Gasteiger partial charge >= 0.3 is 0 Å². The van der Waals surface area contributed by atoms with Gasteiger partial charge in [0.25, 0.3) is 5.56 Å². The summed E-state index contributed by atoms with van der Waals surface area (Å²) in [7, 11) is 0. The molecule has 182 valence electrons. The molecule has 6 rings (SSSR count). The lowest BCUT2D eigenvalue weighted by Crippen LogP contribution is -2.22. The number of rotatable bonds is 6. The Morgan fingerprint density at radius 2 is 2.00 bits per heavy atom. The van der Waals surface area contributed by atoms with Gasteiger partial charge in [-0.15, -0.1) is 16.8 Å². The number of imidazole rings is 1. The van der Waals surface area contributed by atoms with Crippen molar-refractivity contribution in [3.63, 3.8) is 0 Å². The number of aryl methyl sites for hydroxylation is 2. The van der Waals surface area contributed by atoms with Gasteiger partial charge in [-0.3, -0.25) is 18.6 Å². The molecule has 0 aliphatic carbocycles. The number of hydrogen-bond donors (Lipinski definition) is 1. The van der Waals surface area contributed by atoms with Crippen LogP contribution in [0.5, 0.6) is 0 Å². The number of aromatic nitrogens is 6. The number of anilines is 1. The third-order valence-corrected chi connectivity index (χ3v) is 7.44. The summed E-state index contributed by atoms with van der Waals surface area (Å²) in [6.45, 7) is 5.06. The topological polar surface area (TPSA) is 99.1 Å². The van der Waals surface area contributed by atoms with Gasteiger partial charge in [0.1, 0.15) is 5.82 Å². The summed E-state index contributed by atoms with van der Waals surface area (Å²) in [6.07, 6.45) is 6.22. The van der Waals surface area contributed by atoms with Crippen LogP contribution < -0.4 is 10.9 Å². The van der Waals surface area contributed by atoms with Crippen LogP contribution in [-0.4, -0.2) is 40.4 Å². The molecule has 0 spiro atoms. The minimum absolute atomic E-state index is 0.146. The van der Waals surface area contributed by atoms with Crippen LogP contribution in [0.4, 0.5) is 5.69 Å². The summed E-state index contributed by atoms with van der Waals surface area (Å²) in [5.41, 5.74) is 3.30. The molecule has 0 atom stereocenters. The molecule has 5 aromatic rings. The highest BCUT2D eigenvalue weighted by Crippen LogP contribution is 2.25. The monoisotopic (exact) mass is 499 g/mol. The van der Waals surface area contributed by atoms with E-state index in [-0.39, 0.29) is 17.2 Å². The third-order valence-electron chi connectivity index (χ3n) is 6.52. The number of carbonyl (C=O) groups excluding carboxylic acids is 1. The third kappa shape index (κ3) is 3.87. The van der Waals surface area contributed by atoms with Crippen molar-refractivity contribution in [2.24, 2.45) is 0 Å². The Morgan fingerprint density at radius 3 is 2.89 bits per heavy atom. The van der Waals surface area contributed by atoms with Crippen molar-refractivity contribution in [1.82, 2.24) is 28.7 Å². The lowest BCUT2D eigenvalue weighted by molar-refractivity contribution is -0.113. The zero-order chi connectivity index (χ0) is 24.6. The summed E-state index contributed by atoms with van der Waals surface area (Å²) in [5, 5.41) is 12.6. The van der Waals surface area contributed by atoms with Gasteiger partial charge in [-0.2, -0.15) is 0 Å². The van der Waals surface area contributed by atoms with Gasteiger partial charge < -0.3 is 9.88 Å². The van der Waals surface area contributed by atoms with Crippen molar-refractivity contribution in [2.45, 2.75) is 43.9 Å². The zero-order valence-electron chi connectivity index (χ0n) is 19.7. The molecule has 1 aliphatic heterocycles. The summed E-state index contributed by atoms with van der Waals surface area (Å²) < 4.78 is 5.66. The summed E-state index contributed by atoms with van der Waals surface area (Å²) in [5.74, 6) is 1.54. The first-order chi connectivity index (χ1) is 17.6. The van der Waals surface area contributed by atoms with Crippen molar-refractivity contribution in [3.8, 4) is 0 Å². The quantitative estimate of drug-likeness (QED) is 0.280. The van der Waals surface area contributed by atoms with E-state index in [0.717, 1.165) is 35.5 Å². The van der Waals surface area contributed by atoms with Crippen LogP contribution in [0.2, 0.25) is 0 Å². The number of thioether (sulfide) groups is 1. The number of benzene rings is 2. The first-order valence-electron chi connectivity index (χ1n) is 12.0. The fourth-order valence-electron chi connectivity index (χ4n) is 4.88. The number of hydrogen-bond acceptors (Lipinski definition) is 6. The predicted molar refractivity (Wildman–Crippen MR) is 142 cm³/mol. The van der Waals surface area contributed by atoms with Crippen molar-refractivity contribution in [1.29, 1.82) is 0 Å². The van der Waals surface area contributed by atoms with E-state index in [1.54, 1.807) is 12.1 Å². The average molecular weight is 500 g/mol. The molecule has 0 fully saturated rings. The predicted octanol–water partition coefficient (Wildman–Crippen LogP) is 4.04. The van der Waals surface area contributed by atoms with Crippen molar-refractivity contribution < 1.29 is 4.79 Å². The maximum Gasteiger partial charge on any atom is 0.263 e. The molecule has 36 heavy (non-hydrogen) atoms. The number of allylic oxidation sites excluding steroid dienone is 1. The number of nitrogens with one attached hydrogen (secondary N) is 1. The molecule has 0 bridgehead atoms. The molecule has 4 heterocycles. The van der Waals surface area contributed by atoms with Crippen molar-refractivity contribution in [3.05, 3.63) is 71.3 Å².